The van der Waals surface area contributed by atoms with Gasteiger partial charge in [-0.15, -0.1) is 0 Å². The minimum absolute atomic E-state index is 0.0577. The smallest absolute Gasteiger partial charge is 0.233 e. The monoisotopic (exact) mass is 502 g/mol. The number of benzene rings is 1. The minimum Gasteiger partial charge on any atom is -0.378 e. The van der Waals surface area contributed by atoms with Crippen LogP contribution in [0.3, 0.4) is 0 Å². The van der Waals surface area contributed by atoms with Gasteiger partial charge in [-0.3, -0.25) is 4.79 Å². The van der Waals surface area contributed by atoms with Crippen LogP contribution in [0.25, 0.3) is 0 Å². The lowest BCUT2D eigenvalue weighted by Crippen LogP contribution is -2.29. The van der Waals surface area contributed by atoms with Crippen LogP contribution >= 0.6 is 0 Å². The van der Waals surface area contributed by atoms with E-state index >= 15 is 0 Å². The minimum atomic E-state index is -0.0577. The highest BCUT2D eigenvalue weighted by atomic mass is 16.5. The fourth-order valence-electron chi connectivity index (χ4n) is 3.25. The van der Waals surface area contributed by atoms with Crippen molar-refractivity contribution < 1.29 is 14.3 Å². The van der Waals surface area contributed by atoms with E-state index in [4.69, 9.17) is 15.2 Å². The molecule has 6 N–H and O–H groups in total. The van der Waals surface area contributed by atoms with Gasteiger partial charge >= 0.3 is 0 Å². The molecule has 1 aromatic carbocycles. The van der Waals surface area contributed by atoms with Crippen molar-refractivity contribution in [3.05, 3.63) is 29.8 Å². The lowest BCUT2D eigenvalue weighted by atomic mass is 10.1. The van der Waals surface area contributed by atoms with E-state index < -0.39 is 0 Å². The standard InChI is InChI=1S/C25H42N8O3/c1-5-20(6-2)29-24-31-23(28-18(3)4)32-25(33-24)30-21-9-7-19(8-10-21)17-22(34)27-12-14-36-16-15-35-13-11-26/h7-10,18,20H,5-6,11-17,26H2,1-4H3,(H,27,34)(H3,28,29,30,31,32,33). The summed E-state index contributed by atoms with van der Waals surface area (Å²) in [7, 11) is 0. The van der Waals surface area contributed by atoms with E-state index in [1.54, 1.807) is 0 Å². The second-order valence-electron chi connectivity index (χ2n) is 8.63. The molecule has 1 amide bonds. The average Bonchev–Trinajstić information content (AvgIpc) is 2.85. The SMILES string of the molecule is CCC(CC)Nc1nc(Nc2ccc(CC(=O)NCCOCCOCCN)cc2)nc(NC(C)C)n1. The normalized spacial score (nSPS) is 11.1. The van der Waals surface area contributed by atoms with Crippen molar-refractivity contribution in [1.29, 1.82) is 0 Å². The van der Waals surface area contributed by atoms with Crippen LogP contribution < -0.4 is 27.0 Å². The van der Waals surface area contributed by atoms with Crippen molar-refractivity contribution >= 4 is 29.4 Å². The fraction of sp³-hybridized carbons (Fsp3) is 0.600. The maximum absolute atomic E-state index is 12.2. The Morgan fingerprint density at radius 1 is 0.889 bits per heavy atom. The Hall–Kier alpha value is -3.02. The van der Waals surface area contributed by atoms with E-state index in [2.05, 4.69) is 50.1 Å². The molecule has 2 rings (SSSR count). The van der Waals surface area contributed by atoms with Gasteiger partial charge in [0.05, 0.1) is 32.8 Å². The van der Waals surface area contributed by atoms with Crippen LogP contribution in [0.1, 0.15) is 46.1 Å². The zero-order chi connectivity index (χ0) is 26.2. The Morgan fingerprint density at radius 3 is 2.11 bits per heavy atom. The van der Waals surface area contributed by atoms with Gasteiger partial charge in [-0.25, -0.2) is 0 Å². The third kappa shape index (κ3) is 11.6. The Kier molecular flexibility index (Phi) is 13.5. The van der Waals surface area contributed by atoms with Crippen molar-refractivity contribution in [3.63, 3.8) is 0 Å². The summed E-state index contributed by atoms with van der Waals surface area (Å²) in [5.41, 5.74) is 7.07. The zero-order valence-corrected chi connectivity index (χ0v) is 22.0. The molecule has 0 aliphatic heterocycles. The van der Waals surface area contributed by atoms with Crippen molar-refractivity contribution in [2.75, 3.05) is 55.5 Å². The molecule has 200 valence electrons. The molecule has 0 unspecified atom stereocenters. The fourth-order valence-corrected chi connectivity index (χ4v) is 3.25. The van der Waals surface area contributed by atoms with E-state index in [-0.39, 0.29) is 18.4 Å². The molecule has 1 aromatic heterocycles. The molecular weight excluding hydrogens is 460 g/mol. The highest BCUT2D eigenvalue weighted by molar-refractivity contribution is 5.78. The molecule has 0 spiro atoms. The molecule has 0 bridgehead atoms. The maximum atomic E-state index is 12.2. The highest BCUT2D eigenvalue weighted by Crippen LogP contribution is 2.18. The number of aromatic nitrogens is 3. The number of amides is 1. The van der Waals surface area contributed by atoms with Crippen molar-refractivity contribution in [2.24, 2.45) is 5.73 Å². The molecule has 11 heteroatoms. The van der Waals surface area contributed by atoms with Crippen LogP contribution in [0, 0.1) is 0 Å². The first-order valence-corrected chi connectivity index (χ1v) is 12.7. The van der Waals surface area contributed by atoms with Crippen LogP contribution in [0.4, 0.5) is 23.5 Å². The number of hydrogen-bond acceptors (Lipinski definition) is 10. The molecule has 0 saturated carbocycles. The van der Waals surface area contributed by atoms with Crippen molar-refractivity contribution in [2.45, 2.75) is 59.0 Å². The Morgan fingerprint density at radius 2 is 1.50 bits per heavy atom. The van der Waals surface area contributed by atoms with Gasteiger partial charge in [0.2, 0.25) is 23.8 Å². The summed E-state index contributed by atoms with van der Waals surface area (Å²) in [6.45, 7) is 11.2. The van der Waals surface area contributed by atoms with Gasteiger partial charge in [0.1, 0.15) is 0 Å². The maximum Gasteiger partial charge on any atom is 0.233 e. The number of nitrogens with zero attached hydrogens (tertiary/aromatic N) is 3. The molecule has 11 nitrogen and oxygen atoms in total. The third-order valence-corrected chi connectivity index (χ3v) is 5.15. The van der Waals surface area contributed by atoms with Crippen LogP contribution in [0.15, 0.2) is 24.3 Å². The molecule has 0 atom stereocenters. The number of anilines is 4. The number of carbonyl (C=O) groups excluding carboxylic acids is 1. The first-order valence-electron chi connectivity index (χ1n) is 12.7. The van der Waals surface area contributed by atoms with Gasteiger partial charge in [-0.2, -0.15) is 15.0 Å². The van der Waals surface area contributed by atoms with Gasteiger partial charge < -0.3 is 36.5 Å². The van der Waals surface area contributed by atoms with Crippen LogP contribution in [0.5, 0.6) is 0 Å². The van der Waals surface area contributed by atoms with Crippen molar-refractivity contribution in [1.82, 2.24) is 20.3 Å². The first-order chi connectivity index (χ1) is 17.4. The summed E-state index contributed by atoms with van der Waals surface area (Å²) in [5, 5.41) is 12.7. The predicted molar refractivity (Wildman–Crippen MR) is 144 cm³/mol. The lowest BCUT2D eigenvalue weighted by Gasteiger charge is -2.17. The van der Waals surface area contributed by atoms with Crippen molar-refractivity contribution in [3.8, 4) is 0 Å². The van der Waals surface area contributed by atoms with Gasteiger partial charge in [-0.1, -0.05) is 26.0 Å². The topological polar surface area (TPSA) is 148 Å². The molecule has 1 heterocycles. The molecule has 36 heavy (non-hydrogen) atoms. The molecule has 0 radical (unpaired) electrons. The Bertz CT molecular complexity index is 891. The largest absolute Gasteiger partial charge is 0.378 e. The lowest BCUT2D eigenvalue weighted by molar-refractivity contribution is -0.120. The molecule has 0 aliphatic rings. The molecule has 2 aromatic rings. The number of rotatable bonds is 18. The summed E-state index contributed by atoms with van der Waals surface area (Å²) in [5.74, 6) is 1.43. The summed E-state index contributed by atoms with van der Waals surface area (Å²) in [6.07, 6.45) is 2.24. The number of nitrogens with two attached hydrogens (primary N) is 1. The molecule has 0 saturated heterocycles. The quantitative estimate of drug-likeness (QED) is 0.193. The zero-order valence-electron chi connectivity index (χ0n) is 22.0. The Balaban J connectivity index is 1.87. The predicted octanol–water partition coefficient (Wildman–Crippen LogP) is 2.69. The van der Waals surface area contributed by atoms with Crippen LogP contribution in [0.2, 0.25) is 0 Å². The van der Waals surface area contributed by atoms with Gasteiger partial charge in [0.15, 0.2) is 0 Å². The summed E-state index contributed by atoms with van der Waals surface area (Å²) < 4.78 is 10.6. The second-order valence-corrected chi connectivity index (χ2v) is 8.63. The van der Waals surface area contributed by atoms with E-state index in [1.165, 1.54) is 0 Å². The number of nitrogens with one attached hydrogen (secondary N) is 4. The van der Waals surface area contributed by atoms with Gasteiger partial charge in [0, 0.05) is 30.9 Å². The number of carbonyl (C=O) groups is 1. The summed E-state index contributed by atoms with van der Waals surface area (Å²) in [4.78, 5) is 25.7. The number of ether oxygens (including phenoxy) is 2. The van der Waals surface area contributed by atoms with Gasteiger partial charge in [-0.05, 0) is 44.4 Å². The highest BCUT2D eigenvalue weighted by Gasteiger charge is 2.11. The molecule has 0 fully saturated rings. The first kappa shape index (κ1) is 29.2. The Labute approximate surface area is 214 Å². The van der Waals surface area contributed by atoms with Crippen LogP contribution in [-0.4, -0.2) is 72.5 Å². The second kappa shape index (κ2) is 16.6. The summed E-state index contributed by atoms with van der Waals surface area (Å²) in [6, 6.07) is 8.10. The van der Waals surface area contributed by atoms with E-state index in [1.807, 2.05) is 38.1 Å². The van der Waals surface area contributed by atoms with Gasteiger partial charge in [0.25, 0.3) is 0 Å². The average molecular weight is 503 g/mol. The van der Waals surface area contributed by atoms with E-state index in [9.17, 15) is 4.79 Å². The molecule has 0 aliphatic carbocycles. The van der Waals surface area contributed by atoms with E-state index in [0.29, 0.717) is 63.4 Å². The van der Waals surface area contributed by atoms with Crippen LogP contribution in [-0.2, 0) is 20.7 Å². The number of hydrogen-bond donors (Lipinski definition) is 5. The molecular formula is C25H42N8O3. The summed E-state index contributed by atoms with van der Waals surface area (Å²) >= 11 is 0. The third-order valence-electron chi connectivity index (χ3n) is 5.15. The van der Waals surface area contributed by atoms with E-state index in [0.717, 1.165) is 24.1 Å².